The van der Waals surface area contributed by atoms with E-state index in [9.17, 15) is 9.59 Å². The summed E-state index contributed by atoms with van der Waals surface area (Å²) in [5.74, 6) is -0.305. The third kappa shape index (κ3) is 6.15. The first-order valence-corrected chi connectivity index (χ1v) is 11.1. The molecule has 0 unspecified atom stereocenters. The molecule has 1 aliphatic heterocycles. The average Bonchev–Trinajstić information content (AvgIpc) is 3.09. The molecule has 1 aromatic carbocycles. The molecular formula is C20H24Cl2N4O2S. The second-order valence-corrected chi connectivity index (χ2v) is 9.16. The Morgan fingerprint density at radius 3 is 2.62 bits per heavy atom. The zero-order chi connectivity index (χ0) is 21.0. The summed E-state index contributed by atoms with van der Waals surface area (Å²) in [7, 11) is 1.67. The van der Waals surface area contributed by atoms with Gasteiger partial charge in [-0.15, -0.1) is 11.3 Å². The maximum atomic E-state index is 12.7. The molecule has 3 rings (SSSR count). The van der Waals surface area contributed by atoms with Crippen LogP contribution in [-0.4, -0.2) is 53.3 Å². The van der Waals surface area contributed by atoms with E-state index < -0.39 is 0 Å². The molecule has 2 aromatic rings. The Morgan fingerprint density at radius 2 is 2.00 bits per heavy atom. The molecule has 0 saturated carbocycles. The van der Waals surface area contributed by atoms with Gasteiger partial charge >= 0.3 is 0 Å². The third-order valence-electron chi connectivity index (χ3n) is 4.95. The largest absolute Gasteiger partial charge is 0.336 e. The lowest BCUT2D eigenvalue weighted by molar-refractivity contribution is -0.138. The molecule has 156 valence electrons. The highest BCUT2D eigenvalue weighted by molar-refractivity contribution is 7.09. The molecule has 2 amide bonds. The molecular weight excluding hydrogens is 431 g/mol. The van der Waals surface area contributed by atoms with E-state index in [1.54, 1.807) is 36.6 Å². The van der Waals surface area contributed by atoms with Crippen LogP contribution in [0.15, 0.2) is 23.6 Å². The zero-order valence-corrected chi connectivity index (χ0v) is 18.8. The number of aromatic nitrogens is 1. The van der Waals surface area contributed by atoms with Crippen molar-refractivity contribution in [2.45, 2.75) is 26.3 Å². The summed E-state index contributed by atoms with van der Waals surface area (Å²) in [6, 6.07) is 4.88. The highest BCUT2D eigenvalue weighted by atomic mass is 35.5. The van der Waals surface area contributed by atoms with Gasteiger partial charge < -0.3 is 10.2 Å². The Balaban J connectivity index is 1.45. The average molecular weight is 455 g/mol. The molecule has 6 nitrogen and oxygen atoms in total. The van der Waals surface area contributed by atoms with Crippen LogP contribution in [0.5, 0.6) is 0 Å². The van der Waals surface area contributed by atoms with E-state index in [-0.39, 0.29) is 24.3 Å². The number of thiazole rings is 1. The van der Waals surface area contributed by atoms with Gasteiger partial charge in [-0.3, -0.25) is 14.5 Å². The van der Waals surface area contributed by atoms with Crippen LogP contribution >= 0.6 is 34.5 Å². The molecule has 0 radical (unpaired) electrons. The molecule has 1 saturated heterocycles. The van der Waals surface area contributed by atoms with Crippen LogP contribution in [0.2, 0.25) is 10.0 Å². The van der Waals surface area contributed by atoms with Gasteiger partial charge in [0.2, 0.25) is 11.8 Å². The SMILES string of the molecule is Cc1nc(CN2CCC(C(=O)N(C)CC(=O)Nc3ccc(Cl)c(Cl)c3)CC2)cs1. The quantitative estimate of drug-likeness (QED) is 0.714. The lowest BCUT2D eigenvalue weighted by Gasteiger charge is -2.32. The molecule has 9 heteroatoms. The molecule has 29 heavy (non-hydrogen) atoms. The molecule has 2 heterocycles. The molecule has 0 bridgehead atoms. The van der Waals surface area contributed by atoms with Gasteiger partial charge in [-0.05, 0) is 51.1 Å². The number of nitrogens with one attached hydrogen (secondary N) is 1. The third-order valence-corrected chi connectivity index (χ3v) is 6.51. The minimum absolute atomic E-state index is 0.00259. The van der Waals surface area contributed by atoms with Crippen molar-refractivity contribution >= 4 is 52.0 Å². The number of rotatable bonds is 6. The number of likely N-dealkylation sites (N-methyl/N-ethyl adjacent to an activating group) is 1. The van der Waals surface area contributed by atoms with E-state index in [2.05, 4.69) is 20.6 Å². The fourth-order valence-corrected chi connectivity index (χ4v) is 4.33. The first kappa shape index (κ1) is 22.0. The van der Waals surface area contributed by atoms with Crippen molar-refractivity contribution in [2.24, 2.45) is 5.92 Å². The second-order valence-electron chi connectivity index (χ2n) is 7.28. The first-order chi connectivity index (χ1) is 13.8. The summed E-state index contributed by atoms with van der Waals surface area (Å²) in [4.78, 5) is 33.3. The standard InChI is InChI=1S/C20H24Cl2N4O2S/c1-13-23-16(12-29-13)10-26-7-5-14(6-8-26)20(28)25(2)11-19(27)24-15-3-4-17(21)18(22)9-15/h3-4,9,12,14H,5-8,10-11H2,1-2H3,(H,24,27). The van der Waals surface area contributed by atoms with Gasteiger partial charge in [0, 0.05) is 30.6 Å². The van der Waals surface area contributed by atoms with Crippen LogP contribution in [0.25, 0.3) is 0 Å². The van der Waals surface area contributed by atoms with E-state index in [4.69, 9.17) is 23.2 Å². The van der Waals surface area contributed by atoms with Gasteiger partial charge in [0.15, 0.2) is 0 Å². The van der Waals surface area contributed by atoms with Crippen LogP contribution in [0, 0.1) is 12.8 Å². The van der Waals surface area contributed by atoms with Crippen molar-refractivity contribution in [3.63, 3.8) is 0 Å². The molecule has 0 aliphatic carbocycles. The van der Waals surface area contributed by atoms with Crippen LogP contribution in [0.3, 0.4) is 0 Å². The molecule has 1 aliphatic rings. The maximum Gasteiger partial charge on any atom is 0.243 e. The minimum Gasteiger partial charge on any atom is -0.336 e. The van der Waals surface area contributed by atoms with Gasteiger partial charge in [0.05, 0.1) is 27.3 Å². The van der Waals surface area contributed by atoms with E-state index in [1.165, 1.54) is 4.90 Å². The number of halogens is 2. The van der Waals surface area contributed by atoms with Crippen LogP contribution < -0.4 is 5.32 Å². The van der Waals surface area contributed by atoms with Crippen LogP contribution in [0.1, 0.15) is 23.5 Å². The maximum absolute atomic E-state index is 12.7. The molecule has 1 aromatic heterocycles. The van der Waals surface area contributed by atoms with Gasteiger partial charge in [-0.2, -0.15) is 0 Å². The number of carbonyl (C=O) groups excluding carboxylic acids is 2. The van der Waals surface area contributed by atoms with E-state index in [0.717, 1.165) is 43.2 Å². The van der Waals surface area contributed by atoms with Crippen molar-refractivity contribution < 1.29 is 9.59 Å². The van der Waals surface area contributed by atoms with Crippen molar-refractivity contribution in [3.05, 3.63) is 44.3 Å². The number of hydrogen-bond acceptors (Lipinski definition) is 5. The number of piperidine rings is 1. The fraction of sp³-hybridized carbons (Fsp3) is 0.450. The summed E-state index contributed by atoms with van der Waals surface area (Å²) >= 11 is 13.5. The number of anilines is 1. The lowest BCUT2D eigenvalue weighted by Crippen LogP contribution is -2.43. The second kappa shape index (κ2) is 9.89. The summed E-state index contributed by atoms with van der Waals surface area (Å²) in [6.07, 6.45) is 1.58. The van der Waals surface area contributed by atoms with Crippen LogP contribution in [0.4, 0.5) is 5.69 Å². The Hall–Kier alpha value is -1.67. The Kier molecular flexibility index (Phi) is 7.51. The summed E-state index contributed by atoms with van der Waals surface area (Å²) in [5, 5.41) is 6.70. The van der Waals surface area contributed by atoms with Gasteiger partial charge in [0.1, 0.15) is 0 Å². The normalized spacial score (nSPS) is 15.3. The van der Waals surface area contributed by atoms with E-state index in [1.807, 2.05) is 6.92 Å². The number of carbonyl (C=O) groups is 2. The zero-order valence-electron chi connectivity index (χ0n) is 16.5. The number of hydrogen-bond donors (Lipinski definition) is 1. The Labute approximate surface area is 184 Å². The predicted octanol–water partition coefficient (Wildman–Crippen LogP) is 4.07. The van der Waals surface area contributed by atoms with Gasteiger partial charge in [0.25, 0.3) is 0 Å². The fourth-order valence-electron chi connectivity index (χ4n) is 3.43. The minimum atomic E-state index is -0.268. The Morgan fingerprint density at radius 1 is 1.28 bits per heavy atom. The lowest BCUT2D eigenvalue weighted by atomic mass is 9.95. The number of amides is 2. The first-order valence-electron chi connectivity index (χ1n) is 9.45. The smallest absolute Gasteiger partial charge is 0.243 e. The summed E-state index contributed by atoms with van der Waals surface area (Å²) < 4.78 is 0. The number of likely N-dealkylation sites (tertiary alicyclic amines) is 1. The van der Waals surface area contributed by atoms with Crippen LogP contribution in [-0.2, 0) is 16.1 Å². The number of benzene rings is 1. The predicted molar refractivity (Wildman–Crippen MR) is 118 cm³/mol. The van der Waals surface area contributed by atoms with Gasteiger partial charge in [-0.1, -0.05) is 23.2 Å². The Bertz CT molecular complexity index is 881. The highest BCUT2D eigenvalue weighted by Crippen LogP contribution is 2.25. The van der Waals surface area contributed by atoms with Crippen molar-refractivity contribution in [2.75, 3.05) is 32.0 Å². The molecule has 0 atom stereocenters. The number of aryl methyl sites for hydroxylation is 1. The highest BCUT2D eigenvalue weighted by Gasteiger charge is 2.28. The molecule has 1 fully saturated rings. The summed E-state index contributed by atoms with van der Waals surface area (Å²) in [5.41, 5.74) is 1.64. The summed E-state index contributed by atoms with van der Waals surface area (Å²) in [6.45, 7) is 4.55. The molecule has 0 spiro atoms. The van der Waals surface area contributed by atoms with E-state index in [0.29, 0.717) is 15.7 Å². The topological polar surface area (TPSA) is 65.5 Å². The number of nitrogens with zero attached hydrogens (tertiary/aromatic N) is 3. The van der Waals surface area contributed by atoms with Crippen molar-refractivity contribution in [1.82, 2.24) is 14.8 Å². The van der Waals surface area contributed by atoms with E-state index >= 15 is 0 Å². The van der Waals surface area contributed by atoms with Gasteiger partial charge in [-0.25, -0.2) is 4.98 Å². The van der Waals surface area contributed by atoms with Crippen molar-refractivity contribution in [1.29, 1.82) is 0 Å². The molecule has 1 N–H and O–H groups in total. The monoisotopic (exact) mass is 454 g/mol. The van der Waals surface area contributed by atoms with Crippen molar-refractivity contribution in [3.8, 4) is 0 Å².